The first-order chi connectivity index (χ1) is 14.5. The first kappa shape index (κ1) is 21.7. The number of nitrogens with zero attached hydrogens (tertiary/aromatic N) is 3. The molecule has 6 nitrogen and oxygen atoms in total. The number of amides is 2. The number of likely N-dealkylation sites (tertiary alicyclic amines) is 1. The second-order valence-corrected chi connectivity index (χ2v) is 9.86. The number of ether oxygens (including phenoxy) is 1. The molecule has 0 saturated carbocycles. The number of morpholine rings is 1. The molecule has 4 rings (SSSR count). The molecule has 2 fully saturated rings. The lowest BCUT2D eigenvalue weighted by Crippen LogP contribution is -2.51. The summed E-state index contributed by atoms with van der Waals surface area (Å²) < 4.78 is 5.84. The molecule has 0 N–H and O–H groups in total. The minimum atomic E-state index is 0.0580. The molecule has 0 bridgehead atoms. The predicted molar refractivity (Wildman–Crippen MR) is 120 cm³/mol. The SMILES string of the molecule is CC1CN(CC2CCCN2C(=O)CCC(=O)N2CCSc3ccccc32)CC(C)O1. The quantitative estimate of drug-likeness (QED) is 0.717. The summed E-state index contributed by atoms with van der Waals surface area (Å²) in [5.74, 6) is 1.09. The fraction of sp³-hybridized carbons (Fsp3) is 0.652. The molecular formula is C23H33N3O3S. The monoisotopic (exact) mass is 431 g/mol. The fourth-order valence-electron chi connectivity index (χ4n) is 5.01. The number of carbonyl (C=O) groups excluding carboxylic acids is 2. The van der Waals surface area contributed by atoms with Gasteiger partial charge in [0.25, 0.3) is 0 Å². The molecule has 0 radical (unpaired) electrons. The van der Waals surface area contributed by atoms with Gasteiger partial charge in [-0.2, -0.15) is 0 Å². The Morgan fingerprint density at radius 2 is 1.80 bits per heavy atom. The number of carbonyl (C=O) groups is 2. The second-order valence-electron chi connectivity index (χ2n) is 8.72. The predicted octanol–water partition coefficient (Wildman–Crippen LogP) is 3.01. The zero-order valence-electron chi connectivity index (χ0n) is 18.1. The summed E-state index contributed by atoms with van der Waals surface area (Å²) in [4.78, 5) is 33.3. The van der Waals surface area contributed by atoms with E-state index in [1.165, 1.54) is 0 Å². The minimum absolute atomic E-state index is 0.0580. The van der Waals surface area contributed by atoms with Crippen molar-refractivity contribution in [3.63, 3.8) is 0 Å². The van der Waals surface area contributed by atoms with Gasteiger partial charge < -0.3 is 14.5 Å². The van der Waals surface area contributed by atoms with Gasteiger partial charge in [0.2, 0.25) is 11.8 Å². The smallest absolute Gasteiger partial charge is 0.227 e. The molecule has 0 aromatic heterocycles. The van der Waals surface area contributed by atoms with E-state index in [-0.39, 0.29) is 36.5 Å². The number of hydrogen-bond acceptors (Lipinski definition) is 5. The first-order valence-corrected chi connectivity index (χ1v) is 12.2. The van der Waals surface area contributed by atoms with Crippen LogP contribution >= 0.6 is 11.8 Å². The van der Waals surface area contributed by atoms with Crippen LogP contribution in [0.5, 0.6) is 0 Å². The van der Waals surface area contributed by atoms with Crippen molar-refractivity contribution >= 4 is 29.3 Å². The van der Waals surface area contributed by atoms with Gasteiger partial charge in [-0.25, -0.2) is 0 Å². The Kier molecular flexibility index (Phi) is 7.01. The van der Waals surface area contributed by atoms with Crippen molar-refractivity contribution in [2.75, 3.05) is 43.4 Å². The summed E-state index contributed by atoms with van der Waals surface area (Å²) in [7, 11) is 0. The molecule has 3 aliphatic heterocycles. The van der Waals surface area contributed by atoms with E-state index in [1.54, 1.807) is 11.8 Å². The Balaban J connectivity index is 1.31. The number of anilines is 1. The van der Waals surface area contributed by atoms with E-state index in [4.69, 9.17) is 4.74 Å². The lowest BCUT2D eigenvalue weighted by molar-refractivity contribution is -0.134. The molecule has 0 aliphatic carbocycles. The number of hydrogen-bond donors (Lipinski definition) is 0. The molecule has 7 heteroatoms. The number of fused-ring (bicyclic) bond motifs is 1. The summed E-state index contributed by atoms with van der Waals surface area (Å²) in [5, 5.41) is 0. The van der Waals surface area contributed by atoms with Crippen molar-refractivity contribution in [2.45, 2.75) is 62.7 Å². The lowest BCUT2D eigenvalue weighted by Gasteiger charge is -2.38. The molecule has 0 spiro atoms. The molecule has 3 unspecified atom stereocenters. The number of rotatable bonds is 5. The van der Waals surface area contributed by atoms with Crippen molar-refractivity contribution in [2.24, 2.45) is 0 Å². The maximum Gasteiger partial charge on any atom is 0.227 e. The van der Waals surface area contributed by atoms with Crippen LogP contribution in [-0.2, 0) is 14.3 Å². The van der Waals surface area contributed by atoms with Gasteiger partial charge in [-0.05, 0) is 38.8 Å². The molecule has 3 aliphatic rings. The summed E-state index contributed by atoms with van der Waals surface area (Å²) in [5.41, 5.74) is 0.987. The highest BCUT2D eigenvalue weighted by atomic mass is 32.2. The van der Waals surface area contributed by atoms with Gasteiger partial charge in [-0.15, -0.1) is 11.8 Å². The van der Waals surface area contributed by atoms with Gasteiger partial charge in [0, 0.05) is 62.3 Å². The van der Waals surface area contributed by atoms with E-state index in [2.05, 4.69) is 24.8 Å². The Morgan fingerprint density at radius 3 is 2.60 bits per heavy atom. The van der Waals surface area contributed by atoms with Crippen LogP contribution in [0.3, 0.4) is 0 Å². The molecule has 3 atom stereocenters. The van der Waals surface area contributed by atoms with E-state index in [1.807, 2.05) is 28.0 Å². The van der Waals surface area contributed by atoms with Gasteiger partial charge in [-0.1, -0.05) is 12.1 Å². The number of thioether (sulfide) groups is 1. The van der Waals surface area contributed by atoms with Crippen LogP contribution in [0.4, 0.5) is 5.69 Å². The van der Waals surface area contributed by atoms with Crippen LogP contribution in [0, 0.1) is 0 Å². The van der Waals surface area contributed by atoms with Crippen LogP contribution in [0.2, 0.25) is 0 Å². The van der Waals surface area contributed by atoms with E-state index < -0.39 is 0 Å². The highest BCUT2D eigenvalue weighted by molar-refractivity contribution is 7.99. The Morgan fingerprint density at radius 1 is 1.07 bits per heavy atom. The van der Waals surface area contributed by atoms with Crippen molar-refractivity contribution < 1.29 is 14.3 Å². The van der Waals surface area contributed by atoms with E-state index in [9.17, 15) is 9.59 Å². The minimum Gasteiger partial charge on any atom is -0.373 e. The second kappa shape index (κ2) is 9.71. The van der Waals surface area contributed by atoms with E-state index in [0.29, 0.717) is 13.0 Å². The first-order valence-electron chi connectivity index (χ1n) is 11.2. The molecule has 30 heavy (non-hydrogen) atoms. The standard InChI is InChI=1S/C23H33N3O3S/c1-17-14-24(15-18(2)29-17)16-19-6-5-11-25(19)22(27)9-10-23(28)26-12-13-30-21-8-4-3-7-20(21)26/h3-4,7-8,17-19H,5-6,9-16H2,1-2H3. The third-order valence-corrected chi connectivity index (χ3v) is 7.29. The van der Waals surface area contributed by atoms with Crippen LogP contribution in [-0.4, -0.2) is 78.3 Å². The van der Waals surface area contributed by atoms with Crippen molar-refractivity contribution in [1.29, 1.82) is 0 Å². The molecule has 2 saturated heterocycles. The van der Waals surface area contributed by atoms with Gasteiger partial charge in [-0.3, -0.25) is 14.5 Å². The molecule has 3 heterocycles. The summed E-state index contributed by atoms with van der Waals surface area (Å²) in [6, 6.07) is 8.30. The normalized spacial score (nSPS) is 27.2. The zero-order chi connectivity index (χ0) is 21.1. The van der Waals surface area contributed by atoms with Crippen LogP contribution < -0.4 is 4.90 Å². The Labute approximate surface area is 183 Å². The fourth-order valence-corrected chi connectivity index (χ4v) is 6.00. The largest absolute Gasteiger partial charge is 0.373 e. The highest BCUT2D eigenvalue weighted by Crippen LogP contribution is 2.34. The molecule has 1 aromatic rings. The van der Waals surface area contributed by atoms with Crippen molar-refractivity contribution in [1.82, 2.24) is 9.80 Å². The lowest BCUT2D eigenvalue weighted by atomic mass is 10.1. The highest BCUT2D eigenvalue weighted by Gasteiger charge is 2.33. The maximum atomic E-state index is 13.0. The third kappa shape index (κ3) is 5.01. The van der Waals surface area contributed by atoms with Crippen LogP contribution in [0.15, 0.2) is 29.2 Å². The maximum absolute atomic E-state index is 13.0. The van der Waals surface area contributed by atoms with Crippen LogP contribution in [0.1, 0.15) is 39.5 Å². The summed E-state index contributed by atoms with van der Waals surface area (Å²) >= 11 is 1.79. The molecule has 164 valence electrons. The van der Waals surface area contributed by atoms with Gasteiger partial charge in [0.05, 0.1) is 17.9 Å². The van der Waals surface area contributed by atoms with E-state index in [0.717, 1.165) is 55.4 Å². The Bertz CT molecular complexity index is 764. The van der Waals surface area contributed by atoms with Crippen molar-refractivity contribution in [3.05, 3.63) is 24.3 Å². The van der Waals surface area contributed by atoms with E-state index >= 15 is 0 Å². The van der Waals surface area contributed by atoms with Crippen LogP contribution in [0.25, 0.3) is 0 Å². The summed E-state index contributed by atoms with van der Waals surface area (Å²) in [6.45, 7) is 8.52. The molecular weight excluding hydrogens is 398 g/mol. The number of para-hydroxylation sites is 1. The van der Waals surface area contributed by atoms with Gasteiger partial charge in [0.1, 0.15) is 0 Å². The summed E-state index contributed by atoms with van der Waals surface area (Å²) in [6.07, 6.45) is 3.17. The average molecular weight is 432 g/mol. The number of benzene rings is 1. The topological polar surface area (TPSA) is 53.1 Å². The average Bonchev–Trinajstić information content (AvgIpc) is 3.18. The zero-order valence-corrected chi connectivity index (χ0v) is 18.9. The van der Waals surface area contributed by atoms with Gasteiger partial charge in [0.15, 0.2) is 0 Å². The van der Waals surface area contributed by atoms with Crippen molar-refractivity contribution in [3.8, 4) is 0 Å². The molecule has 2 amide bonds. The molecule has 1 aromatic carbocycles. The Hall–Kier alpha value is -1.57. The third-order valence-electron chi connectivity index (χ3n) is 6.24. The van der Waals surface area contributed by atoms with Gasteiger partial charge >= 0.3 is 0 Å².